The van der Waals surface area contributed by atoms with Crippen LogP contribution in [0.4, 0.5) is 13.2 Å². The number of alkyl halides is 3. The fraction of sp³-hybridized carbons (Fsp3) is 0.158. The Balaban J connectivity index is 2.06. The average Bonchev–Trinajstić information content (AvgIpc) is 2.55. The van der Waals surface area contributed by atoms with Crippen molar-refractivity contribution in [3.63, 3.8) is 0 Å². The van der Waals surface area contributed by atoms with Crippen LogP contribution in [0.1, 0.15) is 22.7 Å². The lowest BCUT2D eigenvalue weighted by Crippen LogP contribution is -2.20. The fourth-order valence-corrected chi connectivity index (χ4v) is 2.78. The van der Waals surface area contributed by atoms with Gasteiger partial charge in [-0.2, -0.15) is 13.2 Å². The lowest BCUT2D eigenvalue weighted by molar-refractivity contribution is -0.137. The second-order valence-corrected chi connectivity index (χ2v) is 5.50. The van der Waals surface area contributed by atoms with E-state index in [-0.39, 0.29) is 11.6 Å². The minimum atomic E-state index is -4.36. The highest BCUT2D eigenvalue weighted by molar-refractivity contribution is 5.77. The van der Waals surface area contributed by atoms with E-state index in [9.17, 15) is 13.2 Å². The molecule has 2 aromatic rings. The van der Waals surface area contributed by atoms with Gasteiger partial charge in [0.15, 0.2) is 0 Å². The van der Waals surface area contributed by atoms with Crippen molar-refractivity contribution in [2.24, 2.45) is 0 Å². The molecule has 1 aliphatic rings. The zero-order valence-electron chi connectivity index (χ0n) is 12.6. The molecule has 0 radical (unpaired) electrons. The highest BCUT2D eigenvalue weighted by Crippen LogP contribution is 2.38. The number of halogens is 3. The second-order valence-electron chi connectivity index (χ2n) is 5.50. The van der Waals surface area contributed by atoms with Gasteiger partial charge in [-0.15, -0.1) is 0 Å². The summed E-state index contributed by atoms with van der Waals surface area (Å²) in [5, 5.41) is 0. The topological polar surface area (TPSA) is 3.24 Å². The molecule has 4 heteroatoms. The van der Waals surface area contributed by atoms with E-state index in [1.807, 2.05) is 54.6 Å². The van der Waals surface area contributed by atoms with Crippen LogP contribution in [-0.2, 0) is 6.18 Å². The van der Waals surface area contributed by atoms with Gasteiger partial charge in [0, 0.05) is 13.2 Å². The molecule has 0 aliphatic carbocycles. The standard InChI is InChI=1S/C19H16F3N/c1-23-12-11-15(13-18(23)14-7-3-2-4-8-14)16-9-5-6-10-17(16)19(20,21)22/h2-13,18H,1H3. The Morgan fingerprint density at radius 1 is 0.913 bits per heavy atom. The first-order valence-electron chi connectivity index (χ1n) is 7.30. The molecule has 0 aromatic heterocycles. The van der Waals surface area contributed by atoms with E-state index in [1.165, 1.54) is 12.1 Å². The molecule has 1 heterocycles. The molecular weight excluding hydrogens is 299 g/mol. The van der Waals surface area contributed by atoms with Crippen molar-refractivity contribution in [1.29, 1.82) is 0 Å². The van der Waals surface area contributed by atoms with Crippen LogP contribution < -0.4 is 0 Å². The van der Waals surface area contributed by atoms with Gasteiger partial charge >= 0.3 is 6.18 Å². The van der Waals surface area contributed by atoms with E-state index in [1.54, 1.807) is 12.1 Å². The highest BCUT2D eigenvalue weighted by Gasteiger charge is 2.34. The third-order valence-electron chi connectivity index (χ3n) is 3.95. The van der Waals surface area contributed by atoms with Gasteiger partial charge in [-0.3, -0.25) is 0 Å². The van der Waals surface area contributed by atoms with Crippen LogP contribution in [0.15, 0.2) is 72.9 Å². The molecule has 0 amide bonds. The number of benzene rings is 2. The van der Waals surface area contributed by atoms with Crippen LogP contribution in [0, 0.1) is 0 Å². The molecule has 0 spiro atoms. The van der Waals surface area contributed by atoms with Gasteiger partial charge in [0.05, 0.1) is 11.6 Å². The second kappa shape index (κ2) is 5.95. The van der Waals surface area contributed by atoms with Crippen molar-refractivity contribution in [3.8, 4) is 0 Å². The monoisotopic (exact) mass is 315 g/mol. The Hall–Kier alpha value is -2.49. The van der Waals surface area contributed by atoms with Crippen LogP contribution in [0.25, 0.3) is 5.57 Å². The molecule has 23 heavy (non-hydrogen) atoms. The molecule has 118 valence electrons. The Morgan fingerprint density at radius 2 is 1.57 bits per heavy atom. The summed E-state index contributed by atoms with van der Waals surface area (Å²) in [6.45, 7) is 0. The van der Waals surface area contributed by atoms with E-state index in [0.717, 1.165) is 11.6 Å². The van der Waals surface area contributed by atoms with E-state index >= 15 is 0 Å². The molecule has 2 aromatic carbocycles. The van der Waals surface area contributed by atoms with Crippen LogP contribution in [0.3, 0.4) is 0 Å². The molecule has 0 bridgehead atoms. The Labute approximate surface area is 133 Å². The third-order valence-corrected chi connectivity index (χ3v) is 3.95. The first-order valence-corrected chi connectivity index (χ1v) is 7.30. The maximum absolute atomic E-state index is 13.2. The Morgan fingerprint density at radius 3 is 2.26 bits per heavy atom. The summed E-state index contributed by atoms with van der Waals surface area (Å²) in [6.07, 6.45) is 1.06. The summed E-state index contributed by atoms with van der Waals surface area (Å²) < 4.78 is 39.7. The summed E-state index contributed by atoms with van der Waals surface area (Å²) in [5.41, 5.74) is 1.24. The molecule has 3 rings (SSSR count). The molecule has 0 fully saturated rings. The van der Waals surface area contributed by atoms with Crippen LogP contribution >= 0.6 is 0 Å². The highest BCUT2D eigenvalue weighted by atomic mass is 19.4. The number of rotatable bonds is 2. The zero-order valence-corrected chi connectivity index (χ0v) is 12.6. The molecule has 1 unspecified atom stereocenters. The van der Waals surface area contributed by atoms with Gasteiger partial charge in [0.1, 0.15) is 0 Å². The van der Waals surface area contributed by atoms with Gasteiger partial charge in [0.25, 0.3) is 0 Å². The summed E-state index contributed by atoms with van der Waals surface area (Å²) in [6, 6.07) is 15.3. The van der Waals surface area contributed by atoms with Crippen molar-refractivity contribution in [1.82, 2.24) is 4.90 Å². The largest absolute Gasteiger partial charge is 0.417 e. The molecule has 0 N–H and O–H groups in total. The molecule has 1 atom stereocenters. The predicted octanol–water partition coefficient (Wildman–Crippen LogP) is 5.29. The Kier molecular flexibility index (Phi) is 3.99. The first kappa shape index (κ1) is 15.4. The van der Waals surface area contributed by atoms with Gasteiger partial charge in [-0.25, -0.2) is 0 Å². The molecular formula is C19H16F3N. The normalized spacial score (nSPS) is 18.0. The van der Waals surface area contributed by atoms with E-state index in [2.05, 4.69) is 0 Å². The van der Waals surface area contributed by atoms with Crippen LogP contribution in [0.5, 0.6) is 0 Å². The van der Waals surface area contributed by atoms with E-state index in [0.29, 0.717) is 5.57 Å². The van der Waals surface area contributed by atoms with Crippen molar-refractivity contribution in [3.05, 3.63) is 89.6 Å². The zero-order chi connectivity index (χ0) is 16.4. The lowest BCUT2D eigenvalue weighted by atomic mass is 9.93. The summed E-state index contributed by atoms with van der Waals surface area (Å²) in [4.78, 5) is 1.98. The quantitative estimate of drug-likeness (QED) is 0.728. The van der Waals surface area contributed by atoms with Gasteiger partial charge < -0.3 is 4.90 Å². The van der Waals surface area contributed by atoms with Gasteiger partial charge in [-0.05, 0) is 34.9 Å². The lowest BCUT2D eigenvalue weighted by Gasteiger charge is -2.29. The Bertz CT molecular complexity index is 745. The van der Waals surface area contributed by atoms with Crippen molar-refractivity contribution >= 4 is 5.57 Å². The smallest absolute Gasteiger partial charge is 0.370 e. The third kappa shape index (κ3) is 3.16. The van der Waals surface area contributed by atoms with Crippen molar-refractivity contribution in [2.45, 2.75) is 12.2 Å². The SMILES string of the molecule is CN1C=CC(c2ccccc2C(F)(F)F)=CC1c1ccccc1. The number of allylic oxidation sites excluding steroid dienone is 2. The predicted molar refractivity (Wildman–Crippen MR) is 85.5 cm³/mol. The van der Waals surface area contributed by atoms with E-state index in [4.69, 9.17) is 0 Å². The fourth-order valence-electron chi connectivity index (χ4n) is 2.78. The average molecular weight is 315 g/mol. The summed E-state index contributed by atoms with van der Waals surface area (Å²) in [5.74, 6) is 0. The number of hydrogen-bond acceptors (Lipinski definition) is 1. The van der Waals surface area contributed by atoms with Gasteiger partial charge in [-0.1, -0.05) is 48.5 Å². The van der Waals surface area contributed by atoms with Crippen LogP contribution in [0.2, 0.25) is 0 Å². The number of nitrogens with zero attached hydrogens (tertiary/aromatic N) is 1. The minimum absolute atomic E-state index is 0.0857. The first-order chi connectivity index (χ1) is 11.0. The molecule has 0 saturated carbocycles. The maximum atomic E-state index is 13.2. The molecule has 1 nitrogen and oxygen atoms in total. The molecule has 1 aliphatic heterocycles. The maximum Gasteiger partial charge on any atom is 0.417 e. The molecule has 0 saturated heterocycles. The van der Waals surface area contributed by atoms with Crippen molar-refractivity contribution < 1.29 is 13.2 Å². The van der Waals surface area contributed by atoms with Crippen LogP contribution in [-0.4, -0.2) is 11.9 Å². The number of hydrogen-bond donors (Lipinski definition) is 0. The van der Waals surface area contributed by atoms with E-state index < -0.39 is 11.7 Å². The van der Waals surface area contributed by atoms with Gasteiger partial charge in [0.2, 0.25) is 0 Å². The summed E-state index contributed by atoms with van der Waals surface area (Å²) in [7, 11) is 1.91. The number of likely N-dealkylation sites (N-methyl/N-ethyl adjacent to an activating group) is 1. The summed E-state index contributed by atoms with van der Waals surface area (Å²) >= 11 is 0. The minimum Gasteiger partial charge on any atom is -0.370 e. The van der Waals surface area contributed by atoms with Crippen molar-refractivity contribution in [2.75, 3.05) is 7.05 Å².